The number of likely N-dealkylation sites (N-methyl/N-ethyl adjacent to an activating group) is 1. The van der Waals surface area contributed by atoms with E-state index in [0.717, 1.165) is 54.8 Å². The Balaban J connectivity index is 1.47. The highest BCUT2D eigenvalue weighted by atomic mass is 35.5. The average Bonchev–Trinajstić information content (AvgIpc) is 2.91. The third kappa shape index (κ3) is 5.51. The van der Waals surface area contributed by atoms with E-state index >= 15 is 0 Å². The van der Waals surface area contributed by atoms with Gasteiger partial charge in [0.15, 0.2) is 0 Å². The second-order valence-electron chi connectivity index (χ2n) is 9.26. The summed E-state index contributed by atoms with van der Waals surface area (Å²) in [4.78, 5) is 9.45. The predicted octanol–water partition coefficient (Wildman–Crippen LogP) is 6.58. The minimum Gasteiger partial charge on any atom is -0.495 e. The molecule has 6 nitrogen and oxygen atoms in total. The van der Waals surface area contributed by atoms with Crippen LogP contribution < -0.4 is 10.1 Å². The second kappa shape index (κ2) is 11.0. The number of piperazine rings is 1. The fourth-order valence-electron chi connectivity index (χ4n) is 4.62. The van der Waals surface area contributed by atoms with Crippen molar-refractivity contribution < 1.29 is 4.74 Å². The van der Waals surface area contributed by atoms with Gasteiger partial charge in [-0.15, -0.1) is 0 Å². The van der Waals surface area contributed by atoms with E-state index in [4.69, 9.17) is 27.9 Å². The predicted molar refractivity (Wildman–Crippen MR) is 151 cm³/mol. The molecule has 4 aromatic rings. The summed E-state index contributed by atoms with van der Waals surface area (Å²) >= 11 is 12.6. The Morgan fingerprint density at radius 2 is 1.78 bits per heavy atom. The summed E-state index contributed by atoms with van der Waals surface area (Å²) < 4.78 is 5.34. The molecule has 2 heterocycles. The van der Waals surface area contributed by atoms with Gasteiger partial charge in [-0.05, 0) is 41.9 Å². The van der Waals surface area contributed by atoms with E-state index in [1.807, 2.05) is 6.07 Å². The van der Waals surface area contributed by atoms with E-state index in [1.54, 1.807) is 25.4 Å². The summed E-state index contributed by atoms with van der Waals surface area (Å²) in [7, 11) is 3.72. The number of nitrogens with one attached hydrogen (secondary N) is 1. The van der Waals surface area contributed by atoms with Gasteiger partial charge in [0.2, 0.25) is 0 Å². The lowest BCUT2D eigenvalue weighted by molar-refractivity contribution is 0.148. The molecule has 0 saturated carbocycles. The van der Waals surface area contributed by atoms with Crippen molar-refractivity contribution in [1.29, 1.82) is 5.26 Å². The van der Waals surface area contributed by atoms with Crippen LogP contribution in [0.1, 0.15) is 11.1 Å². The van der Waals surface area contributed by atoms with Gasteiger partial charge in [0, 0.05) is 50.4 Å². The van der Waals surface area contributed by atoms with E-state index in [0.29, 0.717) is 32.7 Å². The van der Waals surface area contributed by atoms with Crippen LogP contribution in [0.4, 0.5) is 11.4 Å². The Hall–Kier alpha value is -3.34. The molecule has 0 spiro atoms. The summed E-state index contributed by atoms with van der Waals surface area (Å²) in [6.45, 7) is 5.32. The molecule has 1 saturated heterocycles. The van der Waals surface area contributed by atoms with Gasteiger partial charge in [-0.1, -0.05) is 53.5 Å². The lowest BCUT2D eigenvalue weighted by atomic mass is 10.00. The quantitative estimate of drug-likeness (QED) is 0.303. The van der Waals surface area contributed by atoms with E-state index in [9.17, 15) is 5.26 Å². The molecule has 0 unspecified atom stereocenters. The highest BCUT2D eigenvalue weighted by Gasteiger charge is 2.16. The molecule has 0 atom stereocenters. The lowest BCUT2D eigenvalue weighted by Crippen LogP contribution is -2.43. The van der Waals surface area contributed by atoms with Crippen LogP contribution in [0.3, 0.4) is 0 Å². The number of benzene rings is 3. The van der Waals surface area contributed by atoms with Crippen molar-refractivity contribution in [3.8, 4) is 22.9 Å². The van der Waals surface area contributed by atoms with Crippen molar-refractivity contribution >= 4 is 45.5 Å². The van der Waals surface area contributed by atoms with Crippen molar-refractivity contribution in [3.05, 3.63) is 82.0 Å². The zero-order chi connectivity index (χ0) is 25.9. The van der Waals surface area contributed by atoms with Gasteiger partial charge in [-0.3, -0.25) is 9.88 Å². The smallest absolute Gasteiger partial charge is 0.139 e. The van der Waals surface area contributed by atoms with Gasteiger partial charge < -0.3 is 15.0 Å². The van der Waals surface area contributed by atoms with Gasteiger partial charge in [0.1, 0.15) is 11.8 Å². The van der Waals surface area contributed by atoms with Crippen LogP contribution in [0.15, 0.2) is 60.8 Å². The van der Waals surface area contributed by atoms with Gasteiger partial charge >= 0.3 is 0 Å². The SMILES string of the molecule is COc1cc(Nc2c(C#N)cnc3cc(-c4cccc(CN5CCN(C)CC5)c4)ccc23)c(Cl)cc1Cl. The first-order valence-corrected chi connectivity index (χ1v) is 12.8. The van der Waals surface area contributed by atoms with Crippen LogP contribution in [0.25, 0.3) is 22.0 Å². The molecule has 1 aliphatic rings. The molecule has 1 aliphatic heterocycles. The fourth-order valence-corrected chi connectivity index (χ4v) is 5.13. The standard InChI is InChI=1S/C29H27Cl2N5O/c1-35-8-10-36(11-9-35)18-19-4-3-5-20(12-19)21-6-7-23-26(13-21)33-17-22(16-32)29(23)34-27-15-28(37-2)25(31)14-24(27)30/h3-7,12-15,17H,8-11,18H2,1-2H3,(H,33,34). The Bertz CT molecular complexity index is 1490. The molecule has 0 radical (unpaired) electrons. The number of methoxy groups -OCH3 is 1. The molecular weight excluding hydrogens is 505 g/mol. The number of anilines is 2. The van der Waals surface area contributed by atoms with Gasteiger partial charge in [0.05, 0.1) is 39.6 Å². The van der Waals surface area contributed by atoms with E-state index in [1.165, 1.54) is 5.56 Å². The summed E-state index contributed by atoms with van der Waals surface area (Å²) in [6.07, 6.45) is 1.58. The van der Waals surface area contributed by atoms with E-state index in [-0.39, 0.29) is 0 Å². The Morgan fingerprint density at radius 3 is 2.54 bits per heavy atom. The summed E-state index contributed by atoms with van der Waals surface area (Å²) in [5, 5.41) is 14.7. The molecule has 1 aromatic heterocycles. The zero-order valence-corrected chi connectivity index (χ0v) is 22.3. The summed E-state index contributed by atoms with van der Waals surface area (Å²) in [5.74, 6) is 0.490. The molecule has 3 aromatic carbocycles. The topological polar surface area (TPSA) is 64.4 Å². The maximum atomic E-state index is 9.77. The third-order valence-electron chi connectivity index (χ3n) is 6.75. The molecule has 0 bridgehead atoms. The third-order valence-corrected chi connectivity index (χ3v) is 7.36. The Labute approximate surface area is 227 Å². The number of aromatic nitrogens is 1. The minimum atomic E-state index is 0.414. The first kappa shape index (κ1) is 25.3. The summed E-state index contributed by atoms with van der Waals surface area (Å²) in [5.41, 5.74) is 5.92. The molecule has 188 valence electrons. The van der Waals surface area contributed by atoms with Gasteiger partial charge in [-0.2, -0.15) is 5.26 Å². The highest BCUT2D eigenvalue weighted by molar-refractivity contribution is 6.37. The van der Waals surface area contributed by atoms with Crippen LogP contribution >= 0.6 is 23.2 Å². The van der Waals surface area contributed by atoms with Gasteiger partial charge in [0.25, 0.3) is 0 Å². The molecular formula is C29H27Cl2N5O. The monoisotopic (exact) mass is 531 g/mol. The van der Waals surface area contributed by atoms with Gasteiger partial charge in [-0.25, -0.2) is 0 Å². The van der Waals surface area contributed by atoms with E-state index < -0.39 is 0 Å². The van der Waals surface area contributed by atoms with Crippen LogP contribution in [0.2, 0.25) is 10.0 Å². The number of halogens is 2. The van der Waals surface area contributed by atoms with Crippen LogP contribution in [-0.2, 0) is 6.54 Å². The van der Waals surface area contributed by atoms with Crippen molar-refractivity contribution in [2.75, 3.05) is 45.7 Å². The number of fused-ring (bicyclic) bond motifs is 1. The molecule has 0 aliphatic carbocycles. The molecule has 5 rings (SSSR count). The number of pyridine rings is 1. The van der Waals surface area contributed by atoms with Crippen LogP contribution in [0, 0.1) is 11.3 Å². The van der Waals surface area contributed by atoms with Crippen LogP contribution in [0.5, 0.6) is 5.75 Å². The van der Waals surface area contributed by atoms with Crippen molar-refractivity contribution in [3.63, 3.8) is 0 Å². The normalized spacial score (nSPS) is 14.5. The Morgan fingerprint density at radius 1 is 1.00 bits per heavy atom. The Kier molecular flexibility index (Phi) is 7.50. The maximum absolute atomic E-state index is 9.77. The molecule has 8 heteroatoms. The summed E-state index contributed by atoms with van der Waals surface area (Å²) in [6, 6.07) is 20.4. The number of hydrogen-bond acceptors (Lipinski definition) is 6. The first-order chi connectivity index (χ1) is 17.9. The molecule has 1 fully saturated rings. The number of nitriles is 1. The van der Waals surface area contributed by atoms with E-state index in [2.05, 4.69) is 69.6 Å². The number of nitrogens with zero attached hydrogens (tertiary/aromatic N) is 4. The lowest BCUT2D eigenvalue weighted by Gasteiger charge is -2.32. The van der Waals surface area contributed by atoms with Crippen molar-refractivity contribution in [2.24, 2.45) is 0 Å². The number of rotatable bonds is 6. The minimum absolute atomic E-state index is 0.414. The van der Waals surface area contributed by atoms with Crippen molar-refractivity contribution in [1.82, 2.24) is 14.8 Å². The highest BCUT2D eigenvalue weighted by Crippen LogP contribution is 2.38. The molecule has 0 amide bonds. The number of hydrogen-bond donors (Lipinski definition) is 1. The average molecular weight is 532 g/mol. The first-order valence-electron chi connectivity index (χ1n) is 12.1. The fraction of sp³-hybridized carbons (Fsp3) is 0.241. The second-order valence-corrected chi connectivity index (χ2v) is 10.1. The van der Waals surface area contributed by atoms with Crippen molar-refractivity contribution in [2.45, 2.75) is 6.54 Å². The zero-order valence-electron chi connectivity index (χ0n) is 20.8. The van der Waals surface area contributed by atoms with Crippen LogP contribution in [-0.4, -0.2) is 55.1 Å². The number of ether oxygens (including phenoxy) is 1. The molecule has 1 N–H and O–H groups in total. The molecule has 37 heavy (non-hydrogen) atoms. The largest absolute Gasteiger partial charge is 0.495 e. The maximum Gasteiger partial charge on any atom is 0.139 e.